The third kappa shape index (κ3) is 4.72. The average Bonchev–Trinajstić information content (AvgIpc) is 2.48. The van der Waals surface area contributed by atoms with Gasteiger partial charge in [0.15, 0.2) is 5.82 Å². The molecule has 0 bridgehead atoms. The van der Waals surface area contributed by atoms with Crippen LogP contribution in [0.5, 0.6) is 0 Å². The number of hydrogen-bond donors (Lipinski definition) is 1. The number of hydrogen-bond acceptors (Lipinski definition) is 5. The molecule has 1 rings (SSSR count). The predicted octanol–water partition coefficient (Wildman–Crippen LogP) is 0.277. The summed E-state index contributed by atoms with van der Waals surface area (Å²) in [5.74, 6) is 0.596. The number of ether oxygens (including phenoxy) is 1. The van der Waals surface area contributed by atoms with Crippen molar-refractivity contribution in [3.63, 3.8) is 0 Å². The first-order valence-electron chi connectivity index (χ1n) is 5.06. The van der Waals surface area contributed by atoms with Crippen molar-refractivity contribution in [2.45, 2.75) is 32.8 Å². The van der Waals surface area contributed by atoms with Crippen LogP contribution in [0.1, 0.15) is 26.6 Å². The lowest BCUT2D eigenvalue weighted by molar-refractivity contribution is 0.0528. The molecule has 0 unspecified atom stereocenters. The van der Waals surface area contributed by atoms with Crippen molar-refractivity contribution in [3.05, 3.63) is 5.82 Å². The first kappa shape index (κ1) is 12.4. The molecule has 0 atom stereocenters. The van der Waals surface area contributed by atoms with Crippen molar-refractivity contribution in [3.8, 4) is 0 Å². The van der Waals surface area contributed by atoms with Gasteiger partial charge in [-0.1, -0.05) is 0 Å². The quantitative estimate of drug-likeness (QED) is 0.801. The smallest absolute Gasteiger partial charge is 0.407 e. The first-order chi connectivity index (χ1) is 7.37. The van der Waals surface area contributed by atoms with E-state index in [1.165, 1.54) is 4.80 Å². The third-order valence-electron chi connectivity index (χ3n) is 1.57. The van der Waals surface area contributed by atoms with Gasteiger partial charge in [0.2, 0.25) is 0 Å². The number of carbonyl (C=O) groups excluding carboxylic acids is 1. The van der Waals surface area contributed by atoms with E-state index in [2.05, 4.69) is 20.7 Å². The third-order valence-corrected chi connectivity index (χ3v) is 1.57. The Morgan fingerprint density at radius 1 is 1.50 bits per heavy atom. The van der Waals surface area contributed by atoms with Crippen molar-refractivity contribution in [1.82, 2.24) is 25.5 Å². The number of amides is 1. The Bertz CT molecular complexity index is 355. The summed E-state index contributed by atoms with van der Waals surface area (Å²) >= 11 is 0. The first-order valence-corrected chi connectivity index (χ1v) is 5.06. The van der Waals surface area contributed by atoms with E-state index >= 15 is 0 Å². The average molecular weight is 227 g/mol. The van der Waals surface area contributed by atoms with Gasteiger partial charge in [0.1, 0.15) is 5.60 Å². The van der Waals surface area contributed by atoms with E-state index in [1.54, 1.807) is 7.05 Å². The lowest BCUT2D eigenvalue weighted by Gasteiger charge is -2.19. The highest BCUT2D eigenvalue weighted by molar-refractivity contribution is 5.67. The fraction of sp³-hybridized carbons (Fsp3) is 0.778. The van der Waals surface area contributed by atoms with Crippen LogP contribution >= 0.6 is 0 Å². The maximum absolute atomic E-state index is 11.3. The standard InChI is InChI=1S/C9H17N5O2/c1-9(2,3)16-8(15)10-6-5-7-11-13-14(4)12-7/h5-6H2,1-4H3,(H,10,15). The Balaban J connectivity index is 2.23. The second-order valence-corrected chi connectivity index (χ2v) is 4.37. The van der Waals surface area contributed by atoms with Gasteiger partial charge in [0, 0.05) is 13.0 Å². The Morgan fingerprint density at radius 2 is 2.19 bits per heavy atom. The topological polar surface area (TPSA) is 81.9 Å². The van der Waals surface area contributed by atoms with Gasteiger partial charge < -0.3 is 10.1 Å². The molecule has 90 valence electrons. The van der Waals surface area contributed by atoms with Gasteiger partial charge >= 0.3 is 6.09 Å². The lowest BCUT2D eigenvalue weighted by Crippen LogP contribution is -2.33. The van der Waals surface area contributed by atoms with E-state index in [-0.39, 0.29) is 0 Å². The summed E-state index contributed by atoms with van der Waals surface area (Å²) in [7, 11) is 1.69. The van der Waals surface area contributed by atoms with E-state index in [0.29, 0.717) is 18.8 Å². The summed E-state index contributed by atoms with van der Waals surface area (Å²) in [6.45, 7) is 5.88. The Kier molecular flexibility index (Phi) is 3.81. The van der Waals surface area contributed by atoms with E-state index < -0.39 is 11.7 Å². The molecule has 0 aromatic carbocycles. The Labute approximate surface area is 94.2 Å². The van der Waals surface area contributed by atoms with Crippen LogP contribution in [0.2, 0.25) is 0 Å². The molecule has 1 heterocycles. The number of aromatic nitrogens is 4. The van der Waals surface area contributed by atoms with Gasteiger partial charge in [0.05, 0.1) is 7.05 Å². The summed E-state index contributed by atoms with van der Waals surface area (Å²) < 4.78 is 5.07. The van der Waals surface area contributed by atoms with Crippen LogP contribution in [-0.4, -0.2) is 38.4 Å². The van der Waals surface area contributed by atoms with Crippen molar-refractivity contribution in [2.75, 3.05) is 6.54 Å². The summed E-state index contributed by atoms with van der Waals surface area (Å²) in [6, 6.07) is 0. The summed E-state index contributed by atoms with van der Waals surface area (Å²) in [5.41, 5.74) is -0.477. The minimum absolute atomic E-state index is 0.431. The van der Waals surface area contributed by atoms with Gasteiger partial charge in [-0.2, -0.15) is 4.80 Å². The van der Waals surface area contributed by atoms with Gasteiger partial charge in [-0.3, -0.25) is 0 Å². The predicted molar refractivity (Wildman–Crippen MR) is 56.7 cm³/mol. The second-order valence-electron chi connectivity index (χ2n) is 4.37. The normalized spacial score (nSPS) is 11.2. The molecule has 0 spiro atoms. The van der Waals surface area contributed by atoms with Gasteiger partial charge in [-0.15, -0.1) is 10.2 Å². The molecule has 1 N–H and O–H groups in total. The highest BCUT2D eigenvalue weighted by Crippen LogP contribution is 2.06. The van der Waals surface area contributed by atoms with E-state index in [4.69, 9.17) is 4.74 Å². The van der Waals surface area contributed by atoms with Crippen molar-refractivity contribution >= 4 is 6.09 Å². The van der Waals surface area contributed by atoms with Crippen LogP contribution in [0, 0.1) is 0 Å². The summed E-state index contributed by atoms with van der Waals surface area (Å²) in [5, 5.41) is 14.1. The molecule has 0 aliphatic carbocycles. The monoisotopic (exact) mass is 227 g/mol. The molecule has 7 nitrogen and oxygen atoms in total. The number of rotatable bonds is 3. The molecule has 1 amide bonds. The SMILES string of the molecule is Cn1nnc(CCNC(=O)OC(C)(C)C)n1. The highest BCUT2D eigenvalue weighted by atomic mass is 16.6. The number of nitrogens with one attached hydrogen (secondary N) is 1. The van der Waals surface area contributed by atoms with Crippen LogP contribution in [0.4, 0.5) is 4.79 Å². The van der Waals surface area contributed by atoms with Crippen molar-refractivity contribution in [2.24, 2.45) is 7.05 Å². The van der Waals surface area contributed by atoms with E-state index in [9.17, 15) is 4.79 Å². The molecule has 0 radical (unpaired) electrons. The molecule has 0 saturated heterocycles. The number of tetrazole rings is 1. The van der Waals surface area contributed by atoms with E-state index in [0.717, 1.165) is 0 Å². The Hall–Kier alpha value is -1.66. The van der Waals surface area contributed by atoms with E-state index in [1.807, 2.05) is 20.8 Å². The van der Waals surface area contributed by atoms with Crippen molar-refractivity contribution in [1.29, 1.82) is 0 Å². The minimum Gasteiger partial charge on any atom is -0.444 e. The summed E-state index contributed by atoms with van der Waals surface area (Å²) in [4.78, 5) is 12.6. The molecule has 0 aliphatic heterocycles. The number of aryl methyl sites for hydroxylation is 1. The van der Waals surface area contributed by atoms with Crippen LogP contribution in [0.25, 0.3) is 0 Å². The number of alkyl carbamates (subject to hydrolysis) is 1. The molecule has 16 heavy (non-hydrogen) atoms. The molecular weight excluding hydrogens is 210 g/mol. The largest absolute Gasteiger partial charge is 0.444 e. The molecule has 7 heteroatoms. The molecule has 0 aliphatic rings. The zero-order chi connectivity index (χ0) is 12.2. The van der Waals surface area contributed by atoms with Crippen LogP contribution in [0.3, 0.4) is 0 Å². The highest BCUT2D eigenvalue weighted by Gasteiger charge is 2.15. The Morgan fingerprint density at radius 3 is 2.69 bits per heavy atom. The molecule has 0 fully saturated rings. The zero-order valence-corrected chi connectivity index (χ0v) is 10.0. The maximum Gasteiger partial charge on any atom is 0.407 e. The lowest BCUT2D eigenvalue weighted by atomic mass is 10.2. The number of nitrogens with zero attached hydrogens (tertiary/aromatic N) is 4. The minimum atomic E-state index is -0.477. The molecule has 1 aromatic rings. The van der Waals surface area contributed by atoms with Crippen LogP contribution in [-0.2, 0) is 18.2 Å². The molecular formula is C9H17N5O2. The molecule has 0 saturated carbocycles. The fourth-order valence-corrected chi connectivity index (χ4v) is 1.01. The zero-order valence-electron chi connectivity index (χ0n) is 10.0. The second kappa shape index (κ2) is 4.91. The molecule has 1 aromatic heterocycles. The number of carbonyl (C=O) groups is 1. The van der Waals surface area contributed by atoms with Crippen molar-refractivity contribution < 1.29 is 9.53 Å². The van der Waals surface area contributed by atoms with Crippen LogP contribution < -0.4 is 5.32 Å². The van der Waals surface area contributed by atoms with Crippen LogP contribution in [0.15, 0.2) is 0 Å². The van der Waals surface area contributed by atoms with Gasteiger partial charge in [-0.05, 0) is 26.0 Å². The fourth-order valence-electron chi connectivity index (χ4n) is 1.01. The maximum atomic E-state index is 11.3. The van der Waals surface area contributed by atoms with Gasteiger partial charge in [-0.25, -0.2) is 4.79 Å². The van der Waals surface area contributed by atoms with Gasteiger partial charge in [0.25, 0.3) is 0 Å². The summed E-state index contributed by atoms with van der Waals surface area (Å²) in [6.07, 6.45) is 0.101.